The van der Waals surface area contributed by atoms with Gasteiger partial charge in [-0.25, -0.2) is 0 Å². The molecule has 20 heavy (non-hydrogen) atoms. The van der Waals surface area contributed by atoms with Crippen LogP contribution in [-0.4, -0.2) is 16.4 Å². The van der Waals surface area contributed by atoms with Crippen LogP contribution < -0.4 is 11.1 Å². The van der Waals surface area contributed by atoms with E-state index in [-0.39, 0.29) is 11.9 Å². The molecule has 2 aromatic rings. The van der Waals surface area contributed by atoms with Crippen molar-refractivity contribution in [2.45, 2.75) is 25.4 Å². The van der Waals surface area contributed by atoms with Gasteiger partial charge in [0.05, 0.1) is 11.6 Å². The van der Waals surface area contributed by atoms with Crippen molar-refractivity contribution < 1.29 is 4.79 Å². The molecular weight excluding hydrogens is 250 g/mol. The molecule has 0 aliphatic rings. The average Bonchev–Trinajstić information content (AvgIpc) is 2.46. The van der Waals surface area contributed by atoms with Crippen molar-refractivity contribution in [3.63, 3.8) is 0 Å². The highest BCUT2D eigenvalue weighted by Crippen LogP contribution is 2.24. The lowest BCUT2D eigenvalue weighted by Gasteiger charge is -2.30. The van der Waals surface area contributed by atoms with Gasteiger partial charge in [-0.15, -0.1) is 0 Å². The molecule has 0 aliphatic heterocycles. The maximum Gasteiger partial charge on any atom is 0.237 e. The minimum absolute atomic E-state index is 0.110. The van der Waals surface area contributed by atoms with Crippen LogP contribution in [-0.2, 0) is 4.79 Å². The molecule has 0 saturated heterocycles. The maximum absolute atomic E-state index is 11.6. The summed E-state index contributed by atoms with van der Waals surface area (Å²) in [5.41, 5.74) is 6.78. The summed E-state index contributed by atoms with van der Waals surface area (Å²) in [6.07, 6.45) is 3.48. The molecule has 1 amide bonds. The molecule has 0 fully saturated rings. The third kappa shape index (κ3) is 3.22. The minimum atomic E-state index is -0.802. The van der Waals surface area contributed by atoms with E-state index in [0.29, 0.717) is 0 Å². The van der Waals surface area contributed by atoms with Crippen molar-refractivity contribution in [2.75, 3.05) is 0 Å². The topological polar surface area (TPSA) is 68.0 Å². The van der Waals surface area contributed by atoms with Gasteiger partial charge in [-0.05, 0) is 37.1 Å². The van der Waals surface area contributed by atoms with Crippen LogP contribution in [0.3, 0.4) is 0 Å². The van der Waals surface area contributed by atoms with E-state index in [0.717, 1.165) is 11.1 Å². The Balaban J connectivity index is 2.38. The molecule has 3 N–H and O–H groups in total. The van der Waals surface area contributed by atoms with E-state index in [1.54, 1.807) is 26.2 Å². The minimum Gasteiger partial charge on any atom is -0.368 e. The van der Waals surface area contributed by atoms with E-state index in [4.69, 9.17) is 5.73 Å². The first-order valence-electron chi connectivity index (χ1n) is 6.53. The summed E-state index contributed by atoms with van der Waals surface area (Å²) in [6, 6.07) is 13.7. The number of aromatic nitrogens is 1. The molecule has 1 aromatic carbocycles. The van der Waals surface area contributed by atoms with Crippen molar-refractivity contribution in [1.82, 2.24) is 10.3 Å². The summed E-state index contributed by atoms with van der Waals surface area (Å²) in [6.45, 7) is 3.57. The van der Waals surface area contributed by atoms with Crippen molar-refractivity contribution >= 4 is 5.91 Å². The summed E-state index contributed by atoms with van der Waals surface area (Å²) in [4.78, 5) is 15.6. The normalized spacial score (nSPS) is 12.9. The number of amides is 1. The number of carbonyl (C=O) groups excluding carboxylic acids is 1. The van der Waals surface area contributed by atoms with Gasteiger partial charge in [0, 0.05) is 12.4 Å². The number of nitrogens with one attached hydrogen (secondary N) is 1. The van der Waals surface area contributed by atoms with Crippen LogP contribution in [0.1, 0.15) is 31.0 Å². The zero-order valence-corrected chi connectivity index (χ0v) is 11.7. The first-order valence-corrected chi connectivity index (χ1v) is 6.53. The molecule has 1 unspecified atom stereocenters. The number of pyridine rings is 1. The first kappa shape index (κ1) is 14.2. The second-order valence-corrected chi connectivity index (χ2v) is 5.26. The highest BCUT2D eigenvalue weighted by atomic mass is 16.1. The van der Waals surface area contributed by atoms with Crippen LogP contribution in [0, 0.1) is 0 Å². The largest absolute Gasteiger partial charge is 0.368 e. The Hall–Kier alpha value is -2.20. The standard InChI is InChI=1S/C16H19N3O/c1-16(2,15(17)20)19-14(12-6-4-3-5-7-12)13-8-10-18-11-9-13/h3-11,14,19H,1-2H3,(H2,17,20). The Morgan fingerprint density at radius 3 is 2.20 bits per heavy atom. The monoisotopic (exact) mass is 269 g/mol. The SMILES string of the molecule is CC(C)(NC(c1ccccc1)c1ccncc1)C(N)=O. The van der Waals surface area contributed by atoms with Gasteiger partial charge in [0.15, 0.2) is 0 Å². The molecule has 1 heterocycles. The van der Waals surface area contributed by atoms with Crippen LogP contribution in [0.15, 0.2) is 54.9 Å². The molecule has 0 aliphatic carbocycles. The molecule has 4 nitrogen and oxygen atoms in total. The fourth-order valence-corrected chi connectivity index (χ4v) is 1.99. The molecule has 4 heteroatoms. The van der Waals surface area contributed by atoms with Crippen LogP contribution >= 0.6 is 0 Å². The van der Waals surface area contributed by atoms with Crippen LogP contribution in [0.25, 0.3) is 0 Å². The predicted molar refractivity (Wildman–Crippen MR) is 78.9 cm³/mol. The number of rotatable bonds is 5. The zero-order chi connectivity index (χ0) is 14.6. The smallest absolute Gasteiger partial charge is 0.237 e. The molecule has 1 atom stereocenters. The number of carbonyl (C=O) groups is 1. The fraction of sp³-hybridized carbons (Fsp3) is 0.250. The van der Waals surface area contributed by atoms with Crippen molar-refractivity contribution in [2.24, 2.45) is 5.73 Å². The Labute approximate surface area is 119 Å². The van der Waals surface area contributed by atoms with Crippen LogP contribution in [0.4, 0.5) is 0 Å². The van der Waals surface area contributed by atoms with Gasteiger partial charge in [-0.2, -0.15) is 0 Å². The Kier molecular flexibility index (Phi) is 4.15. The van der Waals surface area contributed by atoms with Crippen LogP contribution in [0.2, 0.25) is 0 Å². The van der Waals surface area contributed by atoms with Gasteiger partial charge < -0.3 is 5.73 Å². The molecule has 0 bridgehead atoms. The highest BCUT2D eigenvalue weighted by molar-refractivity contribution is 5.83. The fourth-order valence-electron chi connectivity index (χ4n) is 1.99. The zero-order valence-electron chi connectivity index (χ0n) is 11.7. The van der Waals surface area contributed by atoms with Crippen molar-refractivity contribution in [1.29, 1.82) is 0 Å². The lowest BCUT2D eigenvalue weighted by atomic mass is 9.95. The van der Waals surface area contributed by atoms with Gasteiger partial charge in [-0.1, -0.05) is 30.3 Å². The van der Waals surface area contributed by atoms with E-state index < -0.39 is 5.54 Å². The Morgan fingerprint density at radius 1 is 1.10 bits per heavy atom. The Morgan fingerprint density at radius 2 is 1.65 bits per heavy atom. The van der Waals surface area contributed by atoms with E-state index in [1.807, 2.05) is 42.5 Å². The molecule has 104 valence electrons. The van der Waals surface area contributed by atoms with Crippen molar-refractivity contribution in [3.8, 4) is 0 Å². The Bertz CT molecular complexity index is 527. The van der Waals surface area contributed by atoms with E-state index in [1.165, 1.54) is 0 Å². The summed E-state index contributed by atoms with van der Waals surface area (Å²) in [7, 11) is 0. The van der Waals surface area contributed by atoms with E-state index in [2.05, 4.69) is 10.3 Å². The van der Waals surface area contributed by atoms with Gasteiger partial charge in [0.2, 0.25) is 5.91 Å². The number of hydrogen-bond acceptors (Lipinski definition) is 3. The molecule has 0 spiro atoms. The third-order valence-corrected chi connectivity index (χ3v) is 3.29. The highest BCUT2D eigenvalue weighted by Gasteiger charge is 2.29. The number of hydrogen-bond donors (Lipinski definition) is 2. The summed E-state index contributed by atoms with van der Waals surface area (Å²) in [5, 5.41) is 3.32. The lowest BCUT2D eigenvalue weighted by molar-refractivity contribution is -0.123. The van der Waals surface area contributed by atoms with Crippen molar-refractivity contribution in [3.05, 3.63) is 66.0 Å². The van der Waals surface area contributed by atoms with E-state index in [9.17, 15) is 4.79 Å². The van der Waals surface area contributed by atoms with Gasteiger partial charge in [0.25, 0.3) is 0 Å². The first-order chi connectivity index (χ1) is 9.50. The predicted octanol–water partition coefficient (Wildman–Crippen LogP) is 2.02. The second kappa shape index (κ2) is 5.84. The average molecular weight is 269 g/mol. The lowest BCUT2D eigenvalue weighted by Crippen LogP contribution is -2.52. The quantitative estimate of drug-likeness (QED) is 0.872. The second-order valence-electron chi connectivity index (χ2n) is 5.26. The van der Waals surface area contributed by atoms with E-state index >= 15 is 0 Å². The summed E-state index contributed by atoms with van der Waals surface area (Å²) in [5.74, 6) is -0.382. The third-order valence-electron chi connectivity index (χ3n) is 3.29. The number of nitrogens with two attached hydrogens (primary N) is 1. The molecule has 0 radical (unpaired) electrons. The van der Waals surface area contributed by atoms with Gasteiger partial charge in [0.1, 0.15) is 0 Å². The molecule has 1 aromatic heterocycles. The van der Waals surface area contributed by atoms with Gasteiger partial charge in [-0.3, -0.25) is 15.1 Å². The maximum atomic E-state index is 11.6. The number of nitrogens with zero attached hydrogens (tertiary/aromatic N) is 1. The summed E-state index contributed by atoms with van der Waals surface area (Å²) < 4.78 is 0. The number of primary amides is 1. The summed E-state index contributed by atoms with van der Waals surface area (Å²) >= 11 is 0. The molecular formula is C16H19N3O. The molecule has 2 rings (SSSR count). The number of benzene rings is 1. The van der Waals surface area contributed by atoms with Crippen LogP contribution in [0.5, 0.6) is 0 Å². The molecule has 0 saturated carbocycles. The van der Waals surface area contributed by atoms with Gasteiger partial charge >= 0.3 is 0 Å².